The summed E-state index contributed by atoms with van der Waals surface area (Å²) in [7, 11) is -0.829. The van der Waals surface area contributed by atoms with Gasteiger partial charge in [-0.15, -0.1) is 0 Å². The molecule has 0 fully saturated rings. The van der Waals surface area contributed by atoms with Crippen LogP contribution >= 0.6 is 0 Å². The summed E-state index contributed by atoms with van der Waals surface area (Å²) >= 11 is 0. The molecule has 0 aromatic carbocycles. The molecule has 0 amide bonds. The van der Waals surface area contributed by atoms with Crippen molar-refractivity contribution in [2.45, 2.75) is 26.3 Å². The molecule has 0 aliphatic heterocycles. The summed E-state index contributed by atoms with van der Waals surface area (Å²) in [5.74, 6) is 1.65. The van der Waals surface area contributed by atoms with Gasteiger partial charge in [-0.3, -0.25) is 4.21 Å². The fourth-order valence-electron chi connectivity index (χ4n) is 1.31. The third-order valence-corrected chi connectivity index (χ3v) is 2.91. The molecule has 1 aromatic rings. The molecule has 0 radical (unpaired) electrons. The largest absolute Gasteiger partial charge is 0.478 e. The molecule has 0 aliphatic rings. The summed E-state index contributed by atoms with van der Waals surface area (Å²) in [5.41, 5.74) is 0. The lowest BCUT2D eigenvalue weighted by atomic mass is 10.4. The Kier molecular flexibility index (Phi) is 5.90. The maximum Gasteiger partial charge on any atom is 0.226 e. The molecule has 5 nitrogen and oxygen atoms in total. The number of ether oxygens (including phenoxy) is 1. The maximum absolute atomic E-state index is 11.1. The van der Waals surface area contributed by atoms with Crippen LogP contribution in [0.2, 0.25) is 0 Å². The number of aromatic nitrogens is 2. The predicted molar refractivity (Wildman–Crippen MR) is 69.8 cm³/mol. The highest BCUT2D eigenvalue weighted by molar-refractivity contribution is 7.84. The Morgan fingerprint density at radius 2 is 2.35 bits per heavy atom. The van der Waals surface area contributed by atoms with Crippen molar-refractivity contribution in [2.24, 2.45) is 0 Å². The van der Waals surface area contributed by atoms with Crippen molar-refractivity contribution in [3.63, 3.8) is 0 Å². The van der Waals surface area contributed by atoms with Gasteiger partial charge in [0.05, 0.1) is 6.61 Å². The molecule has 1 heterocycles. The molecular formula is C11H19N3O2S. The summed E-state index contributed by atoms with van der Waals surface area (Å²) in [4.78, 5) is 8.31. The Hall–Kier alpha value is -1.17. The van der Waals surface area contributed by atoms with Gasteiger partial charge in [-0.05, 0) is 13.3 Å². The van der Waals surface area contributed by atoms with Crippen molar-refractivity contribution in [3.05, 3.63) is 12.3 Å². The van der Waals surface area contributed by atoms with Crippen LogP contribution < -0.4 is 10.1 Å². The molecule has 0 saturated heterocycles. The Morgan fingerprint density at radius 3 is 3.00 bits per heavy atom. The molecule has 2 unspecified atom stereocenters. The van der Waals surface area contributed by atoms with Gasteiger partial charge in [0, 0.05) is 41.1 Å². The van der Waals surface area contributed by atoms with Gasteiger partial charge in [0.25, 0.3) is 0 Å². The summed E-state index contributed by atoms with van der Waals surface area (Å²) in [6, 6.07) is 1.80. The summed E-state index contributed by atoms with van der Waals surface area (Å²) in [6.07, 6.45) is 4.27. The zero-order valence-electron chi connectivity index (χ0n) is 10.5. The van der Waals surface area contributed by atoms with Crippen molar-refractivity contribution >= 4 is 16.7 Å². The van der Waals surface area contributed by atoms with E-state index in [0.29, 0.717) is 24.2 Å². The van der Waals surface area contributed by atoms with Gasteiger partial charge in [0.15, 0.2) is 0 Å². The van der Waals surface area contributed by atoms with Gasteiger partial charge in [0.2, 0.25) is 11.8 Å². The maximum atomic E-state index is 11.1. The second kappa shape index (κ2) is 7.21. The minimum atomic E-state index is -0.829. The number of nitrogens with zero attached hydrogens (tertiary/aromatic N) is 2. The fraction of sp³-hybridized carbons (Fsp3) is 0.636. The van der Waals surface area contributed by atoms with Crippen molar-refractivity contribution in [2.75, 3.05) is 23.9 Å². The molecular weight excluding hydrogens is 238 g/mol. The van der Waals surface area contributed by atoms with Crippen LogP contribution in [0.5, 0.6) is 5.88 Å². The zero-order valence-corrected chi connectivity index (χ0v) is 11.3. The third-order valence-electron chi connectivity index (χ3n) is 1.94. The van der Waals surface area contributed by atoms with Crippen LogP contribution in [0.4, 0.5) is 5.95 Å². The van der Waals surface area contributed by atoms with Crippen LogP contribution in [-0.4, -0.2) is 38.8 Å². The average molecular weight is 257 g/mol. The molecule has 0 aliphatic carbocycles. The van der Waals surface area contributed by atoms with E-state index < -0.39 is 10.8 Å². The first-order valence-corrected chi connectivity index (χ1v) is 7.37. The smallest absolute Gasteiger partial charge is 0.226 e. The van der Waals surface area contributed by atoms with Gasteiger partial charge in [-0.2, -0.15) is 4.98 Å². The van der Waals surface area contributed by atoms with Crippen LogP contribution in [-0.2, 0) is 10.8 Å². The lowest BCUT2D eigenvalue weighted by Gasteiger charge is -2.12. The Labute approximate surface area is 104 Å². The number of hydrogen-bond donors (Lipinski definition) is 1. The van der Waals surface area contributed by atoms with E-state index in [1.165, 1.54) is 0 Å². The van der Waals surface area contributed by atoms with Gasteiger partial charge in [-0.1, -0.05) is 6.92 Å². The number of nitrogens with one attached hydrogen (secondary N) is 1. The van der Waals surface area contributed by atoms with Gasteiger partial charge in [0.1, 0.15) is 0 Å². The highest BCUT2D eigenvalue weighted by Crippen LogP contribution is 2.09. The van der Waals surface area contributed by atoms with Crippen LogP contribution in [0.25, 0.3) is 0 Å². The third kappa shape index (κ3) is 5.63. The first-order valence-electron chi connectivity index (χ1n) is 5.64. The first kappa shape index (κ1) is 13.9. The molecule has 0 saturated carbocycles. The minimum Gasteiger partial charge on any atom is -0.478 e. The molecule has 96 valence electrons. The van der Waals surface area contributed by atoms with Gasteiger partial charge in [-0.25, -0.2) is 4.98 Å². The van der Waals surface area contributed by atoms with E-state index in [2.05, 4.69) is 15.3 Å². The highest BCUT2D eigenvalue weighted by atomic mass is 32.2. The van der Waals surface area contributed by atoms with Crippen molar-refractivity contribution in [1.82, 2.24) is 9.97 Å². The molecule has 0 spiro atoms. The molecule has 2 atom stereocenters. The van der Waals surface area contributed by atoms with Crippen molar-refractivity contribution in [1.29, 1.82) is 0 Å². The molecule has 0 bridgehead atoms. The number of rotatable bonds is 7. The van der Waals surface area contributed by atoms with E-state index in [9.17, 15) is 4.21 Å². The van der Waals surface area contributed by atoms with Crippen molar-refractivity contribution in [3.8, 4) is 5.88 Å². The van der Waals surface area contributed by atoms with Crippen LogP contribution in [0, 0.1) is 0 Å². The summed E-state index contributed by atoms with van der Waals surface area (Å²) in [6.45, 7) is 4.63. The van der Waals surface area contributed by atoms with Crippen molar-refractivity contribution < 1.29 is 8.95 Å². The molecule has 1 aromatic heterocycles. The highest BCUT2D eigenvalue weighted by Gasteiger charge is 2.06. The Bertz CT molecular complexity index is 373. The molecule has 1 N–H and O–H groups in total. The summed E-state index contributed by atoms with van der Waals surface area (Å²) < 4.78 is 16.5. The van der Waals surface area contributed by atoms with E-state index >= 15 is 0 Å². The summed E-state index contributed by atoms with van der Waals surface area (Å²) in [5, 5.41) is 3.09. The monoisotopic (exact) mass is 257 g/mol. The van der Waals surface area contributed by atoms with E-state index in [4.69, 9.17) is 4.74 Å². The average Bonchev–Trinajstić information content (AvgIpc) is 2.25. The number of hydrogen-bond acceptors (Lipinski definition) is 5. The molecule has 6 heteroatoms. The molecule has 1 rings (SSSR count). The SMILES string of the molecule is CCCOc1ccnc(NC(C)CS(C)=O)n1. The lowest BCUT2D eigenvalue weighted by molar-refractivity contribution is 0.305. The van der Waals surface area contributed by atoms with Crippen LogP contribution in [0.3, 0.4) is 0 Å². The van der Waals surface area contributed by atoms with E-state index in [-0.39, 0.29) is 6.04 Å². The Morgan fingerprint density at radius 1 is 1.59 bits per heavy atom. The topological polar surface area (TPSA) is 64.1 Å². The predicted octanol–water partition coefficient (Wildman–Crippen LogP) is 1.44. The second-order valence-corrected chi connectivity index (χ2v) is 5.33. The Balaban J connectivity index is 2.55. The minimum absolute atomic E-state index is 0.0715. The van der Waals surface area contributed by atoms with Crippen LogP contribution in [0.15, 0.2) is 12.3 Å². The van der Waals surface area contributed by atoms with E-state index in [1.54, 1.807) is 18.5 Å². The molecule has 17 heavy (non-hydrogen) atoms. The van der Waals surface area contributed by atoms with E-state index in [1.807, 2.05) is 13.8 Å². The van der Waals surface area contributed by atoms with Gasteiger partial charge >= 0.3 is 0 Å². The quantitative estimate of drug-likeness (QED) is 0.801. The van der Waals surface area contributed by atoms with E-state index in [0.717, 1.165) is 6.42 Å². The first-order chi connectivity index (χ1) is 8.11. The number of anilines is 1. The van der Waals surface area contributed by atoms with Crippen LogP contribution in [0.1, 0.15) is 20.3 Å². The lowest BCUT2D eigenvalue weighted by Crippen LogP contribution is -2.23. The zero-order chi connectivity index (χ0) is 12.7. The standard InChI is InChI=1S/C11H19N3O2S/c1-4-7-16-10-5-6-12-11(14-10)13-9(2)8-17(3)15/h5-6,9H,4,7-8H2,1-3H3,(H,12,13,14). The van der Waals surface area contributed by atoms with Gasteiger partial charge < -0.3 is 10.1 Å². The fourth-order valence-corrected chi connectivity index (χ4v) is 2.10. The normalized spacial score (nSPS) is 14.1. The second-order valence-electron chi connectivity index (χ2n) is 3.85.